The summed E-state index contributed by atoms with van der Waals surface area (Å²) in [6, 6.07) is 11.2. The van der Waals surface area contributed by atoms with E-state index in [1.165, 1.54) is 0 Å². The van der Waals surface area contributed by atoms with Crippen LogP contribution in [0.25, 0.3) is 11.0 Å². The standard InChI is InChI=1S/C16H15N3O2/c1-11-14(18-13-7-4-3-6-12(13)17-11)10-21-16(20)15-8-5-9-19(15)2/h3-9H,10H2,1-2H3. The highest BCUT2D eigenvalue weighted by molar-refractivity contribution is 5.87. The third-order valence-corrected chi connectivity index (χ3v) is 3.34. The normalized spacial score (nSPS) is 10.8. The summed E-state index contributed by atoms with van der Waals surface area (Å²) in [5.41, 5.74) is 3.60. The van der Waals surface area contributed by atoms with Gasteiger partial charge in [-0.05, 0) is 31.2 Å². The maximum absolute atomic E-state index is 12.0. The van der Waals surface area contributed by atoms with Crippen LogP contribution in [0.1, 0.15) is 21.9 Å². The van der Waals surface area contributed by atoms with Crippen LogP contribution in [0, 0.1) is 6.92 Å². The average Bonchev–Trinajstić information content (AvgIpc) is 2.91. The molecule has 5 heteroatoms. The van der Waals surface area contributed by atoms with Crippen molar-refractivity contribution in [3.8, 4) is 0 Å². The SMILES string of the molecule is Cc1nc2ccccc2nc1COC(=O)c1cccn1C. The Labute approximate surface area is 122 Å². The van der Waals surface area contributed by atoms with Gasteiger partial charge in [0.2, 0.25) is 0 Å². The van der Waals surface area contributed by atoms with Crippen LogP contribution >= 0.6 is 0 Å². The molecular formula is C16H15N3O2. The van der Waals surface area contributed by atoms with E-state index in [9.17, 15) is 4.79 Å². The van der Waals surface area contributed by atoms with Crippen molar-refractivity contribution in [2.75, 3.05) is 0 Å². The number of carbonyl (C=O) groups is 1. The van der Waals surface area contributed by atoms with E-state index in [0.29, 0.717) is 11.4 Å². The predicted octanol–water partition coefficient (Wildman–Crippen LogP) is 2.63. The van der Waals surface area contributed by atoms with Gasteiger partial charge in [-0.25, -0.2) is 14.8 Å². The second-order valence-electron chi connectivity index (χ2n) is 4.82. The molecule has 0 N–H and O–H groups in total. The lowest BCUT2D eigenvalue weighted by Gasteiger charge is -2.08. The molecule has 2 aromatic heterocycles. The second-order valence-corrected chi connectivity index (χ2v) is 4.82. The number of benzene rings is 1. The molecular weight excluding hydrogens is 266 g/mol. The Morgan fingerprint density at radius 3 is 2.52 bits per heavy atom. The van der Waals surface area contributed by atoms with E-state index in [2.05, 4.69) is 9.97 Å². The van der Waals surface area contributed by atoms with Gasteiger partial charge in [0.05, 0.1) is 22.4 Å². The number of para-hydroxylation sites is 2. The highest BCUT2D eigenvalue weighted by Crippen LogP contribution is 2.13. The molecule has 21 heavy (non-hydrogen) atoms. The number of ether oxygens (including phenoxy) is 1. The van der Waals surface area contributed by atoms with Crippen molar-refractivity contribution < 1.29 is 9.53 Å². The number of fused-ring (bicyclic) bond motifs is 1. The molecule has 1 aromatic carbocycles. The fourth-order valence-corrected chi connectivity index (χ4v) is 2.14. The topological polar surface area (TPSA) is 57.0 Å². The zero-order valence-corrected chi connectivity index (χ0v) is 11.9. The third kappa shape index (κ3) is 2.63. The second kappa shape index (κ2) is 5.36. The van der Waals surface area contributed by atoms with Crippen molar-refractivity contribution in [2.45, 2.75) is 13.5 Å². The minimum absolute atomic E-state index is 0.119. The molecule has 0 aliphatic heterocycles. The largest absolute Gasteiger partial charge is 0.454 e. The monoisotopic (exact) mass is 281 g/mol. The summed E-state index contributed by atoms with van der Waals surface area (Å²) in [6.07, 6.45) is 1.80. The number of hydrogen-bond acceptors (Lipinski definition) is 4. The molecule has 0 bridgehead atoms. The summed E-state index contributed by atoms with van der Waals surface area (Å²) in [6.45, 7) is 1.98. The lowest BCUT2D eigenvalue weighted by Crippen LogP contribution is -2.11. The van der Waals surface area contributed by atoms with Gasteiger partial charge in [0, 0.05) is 13.2 Å². The quantitative estimate of drug-likeness (QED) is 0.692. The van der Waals surface area contributed by atoms with Crippen molar-refractivity contribution in [1.82, 2.24) is 14.5 Å². The molecule has 0 radical (unpaired) electrons. The fourth-order valence-electron chi connectivity index (χ4n) is 2.14. The van der Waals surface area contributed by atoms with Crippen LogP contribution in [0.2, 0.25) is 0 Å². The zero-order valence-electron chi connectivity index (χ0n) is 11.9. The van der Waals surface area contributed by atoms with Crippen molar-refractivity contribution in [1.29, 1.82) is 0 Å². The number of carbonyl (C=O) groups excluding carboxylic acids is 1. The van der Waals surface area contributed by atoms with Crippen LogP contribution < -0.4 is 0 Å². The summed E-state index contributed by atoms with van der Waals surface area (Å²) in [5, 5.41) is 0. The highest BCUT2D eigenvalue weighted by atomic mass is 16.5. The minimum Gasteiger partial charge on any atom is -0.454 e. The third-order valence-electron chi connectivity index (χ3n) is 3.34. The summed E-state index contributed by atoms with van der Waals surface area (Å²) < 4.78 is 7.04. The molecule has 0 spiro atoms. The van der Waals surface area contributed by atoms with Gasteiger partial charge >= 0.3 is 5.97 Å². The van der Waals surface area contributed by atoms with Gasteiger partial charge in [0.15, 0.2) is 0 Å². The Morgan fingerprint density at radius 2 is 1.86 bits per heavy atom. The van der Waals surface area contributed by atoms with Gasteiger partial charge in [-0.1, -0.05) is 12.1 Å². The van der Waals surface area contributed by atoms with Crippen molar-refractivity contribution >= 4 is 17.0 Å². The summed E-state index contributed by atoms with van der Waals surface area (Å²) >= 11 is 0. The molecule has 3 aromatic rings. The van der Waals surface area contributed by atoms with Crippen LogP contribution in [-0.2, 0) is 18.4 Å². The van der Waals surface area contributed by atoms with Crippen LogP contribution in [0.5, 0.6) is 0 Å². The van der Waals surface area contributed by atoms with E-state index in [1.54, 1.807) is 29.9 Å². The van der Waals surface area contributed by atoms with E-state index < -0.39 is 0 Å². The maximum Gasteiger partial charge on any atom is 0.355 e. The molecule has 2 heterocycles. The van der Waals surface area contributed by atoms with Gasteiger partial charge in [-0.2, -0.15) is 0 Å². The van der Waals surface area contributed by atoms with Gasteiger partial charge in [0.25, 0.3) is 0 Å². The van der Waals surface area contributed by atoms with Crippen LogP contribution in [-0.4, -0.2) is 20.5 Å². The molecule has 0 fully saturated rings. The number of hydrogen-bond donors (Lipinski definition) is 0. The van der Waals surface area contributed by atoms with Crippen LogP contribution in [0.3, 0.4) is 0 Å². The Bertz CT molecular complexity index is 808. The molecule has 3 rings (SSSR count). The number of rotatable bonds is 3. The lowest BCUT2D eigenvalue weighted by molar-refractivity contribution is 0.0456. The highest BCUT2D eigenvalue weighted by Gasteiger charge is 2.12. The first-order valence-corrected chi connectivity index (χ1v) is 6.66. The molecule has 106 valence electrons. The number of aryl methyl sites for hydroxylation is 2. The first-order valence-electron chi connectivity index (χ1n) is 6.66. The van der Waals surface area contributed by atoms with E-state index >= 15 is 0 Å². The van der Waals surface area contributed by atoms with Crippen molar-refractivity contribution in [3.63, 3.8) is 0 Å². The summed E-state index contributed by atoms with van der Waals surface area (Å²) in [4.78, 5) is 21.0. The Hall–Kier alpha value is -2.69. The van der Waals surface area contributed by atoms with Crippen molar-refractivity contribution in [3.05, 3.63) is 59.7 Å². The molecule has 0 unspecified atom stereocenters. The maximum atomic E-state index is 12.0. The number of aromatic nitrogens is 3. The number of esters is 1. The summed E-state index contributed by atoms with van der Waals surface area (Å²) in [5.74, 6) is -0.364. The Morgan fingerprint density at radius 1 is 1.14 bits per heavy atom. The Balaban J connectivity index is 1.80. The predicted molar refractivity (Wildman–Crippen MR) is 78.8 cm³/mol. The molecule has 0 atom stereocenters. The molecule has 0 amide bonds. The van der Waals surface area contributed by atoms with Gasteiger partial charge in [-0.3, -0.25) is 0 Å². The van der Waals surface area contributed by atoms with Crippen LogP contribution in [0.4, 0.5) is 0 Å². The van der Waals surface area contributed by atoms with Gasteiger partial charge < -0.3 is 9.30 Å². The van der Waals surface area contributed by atoms with E-state index in [4.69, 9.17) is 4.74 Å². The van der Waals surface area contributed by atoms with E-state index in [0.717, 1.165) is 16.7 Å². The molecule has 0 saturated carbocycles. The molecule has 0 aliphatic rings. The molecule has 5 nitrogen and oxygen atoms in total. The van der Waals surface area contributed by atoms with Crippen molar-refractivity contribution in [2.24, 2.45) is 7.05 Å². The molecule has 0 aliphatic carbocycles. The fraction of sp³-hybridized carbons (Fsp3) is 0.188. The summed E-state index contributed by atoms with van der Waals surface area (Å²) in [7, 11) is 1.80. The van der Waals surface area contributed by atoms with Gasteiger partial charge in [-0.15, -0.1) is 0 Å². The minimum atomic E-state index is -0.364. The van der Waals surface area contributed by atoms with Crippen LogP contribution in [0.15, 0.2) is 42.6 Å². The number of nitrogens with zero attached hydrogens (tertiary/aromatic N) is 3. The van der Waals surface area contributed by atoms with E-state index in [-0.39, 0.29) is 12.6 Å². The van der Waals surface area contributed by atoms with E-state index in [1.807, 2.05) is 31.2 Å². The smallest absolute Gasteiger partial charge is 0.355 e. The lowest BCUT2D eigenvalue weighted by atomic mass is 10.2. The zero-order chi connectivity index (χ0) is 14.8. The first-order chi connectivity index (χ1) is 10.1. The molecule has 0 saturated heterocycles. The Kier molecular flexibility index (Phi) is 3.39. The average molecular weight is 281 g/mol. The first kappa shape index (κ1) is 13.3. The van der Waals surface area contributed by atoms with Gasteiger partial charge in [0.1, 0.15) is 12.3 Å².